The predicted octanol–water partition coefficient (Wildman–Crippen LogP) is 2.01. The SMILES string of the molecule is COc1cccc(Cn2c(=O)oc(=O)c3ccccc32)c1. The van der Waals surface area contributed by atoms with Gasteiger partial charge in [0.05, 0.1) is 24.6 Å². The van der Waals surface area contributed by atoms with E-state index in [1.165, 1.54) is 4.57 Å². The summed E-state index contributed by atoms with van der Waals surface area (Å²) in [7, 11) is 1.59. The lowest BCUT2D eigenvalue weighted by Crippen LogP contribution is -2.25. The van der Waals surface area contributed by atoms with E-state index in [0.29, 0.717) is 23.2 Å². The van der Waals surface area contributed by atoms with E-state index in [4.69, 9.17) is 9.15 Å². The Morgan fingerprint density at radius 1 is 1.10 bits per heavy atom. The fourth-order valence-electron chi connectivity index (χ4n) is 2.27. The maximum atomic E-state index is 12.0. The Balaban J connectivity index is 2.16. The van der Waals surface area contributed by atoms with Gasteiger partial charge in [0.1, 0.15) is 5.75 Å². The molecule has 2 aromatic carbocycles. The summed E-state index contributed by atoms with van der Waals surface area (Å²) < 4.78 is 11.4. The van der Waals surface area contributed by atoms with Crippen LogP contribution in [-0.2, 0) is 6.54 Å². The van der Waals surface area contributed by atoms with Gasteiger partial charge in [-0.2, -0.15) is 0 Å². The zero-order chi connectivity index (χ0) is 14.8. The van der Waals surface area contributed by atoms with Gasteiger partial charge in [0.15, 0.2) is 0 Å². The van der Waals surface area contributed by atoms with Crippen molar-refractivity contribution in [3.8, 4) is 5.75 Å². The minimum absolute atomic E-state index is 0.306. The van der Waals surface area contributed by atoms with Crippen LogP contribution in [0.2, 0.25) is 0 Å². The first-order valence-corrected chi connectivity index (χ1v) is 6.44. The maximum Gasteiger partial charge on any atom is 0.422 e. The highest BCUT2D eigenvalue weighted by Gasteiger charge is 2.09. The third-order valence-electron chi connectivity index (χ3n) is 3.29. The standard InChI is InChI=1S/C16H13NO4/c1-20-12-6-4-5-11(9-12)10-17-14-8-3-2-7-13(14)15(18)21-16(17)19/h2-9H,10H2,1H3. The molecule has 1 aromatic heterocycles. The molecular formula is C16H13NO4. The number of benzene rings is 2. The van der Waals surface area contributed by atoms with Crippen LogP contribution in [0, 0.1) is 0 Å². The topological polar surface area (TPSA) is 61.4 Å². The summed E-state index contributed by atoms with van der Waals surface area (Å²) in [6.45, 7) is 0.306. The number of rotatable bonds is 3. The Morgan fingerprint density at radius 2 is 1.90 bits per heavy atom. The number of fused-ring (bicyclic) bond motifs is 1. The monoisotopic (exact) mass is 283 g/mol. The van der Waals surface area contributed by atoms with E-state index in [1.807, 2.05) is 24.3 Å². The highest BCUT2D eigenvalue weighted by Crippen LogP contribution is 2.15. The predicted molar refractivity (Wildman–Crippen MR) is 78.8 cm³/mol. The van der Waals surface area contributed by atoms with Gasteiger partial charge < -0.3 is 9.15 Å². The van der Waals surface area contributed by atoms with Crippen molar-refractivity contribution >= 4 is 10.9 Å². The molecule has 0 aliphatic carbocycles. The van der Waals surface area contributed by atoms with Gasteiger partial charge in [0.2, 0.25) is 0 Å². The van der Waals surface area contributed by atoms with Crippen LogP contribution in [-0.4, -0.2) is 11.7 Å². The summed E-state index contributed by atoms with van der Waals surface area (Å²) in [6.07, 6.45) is 0. The Kier molecular flexibility index (Phi) is 3.31. The van der Waals surface area contributed by atoms with Gasteiger partial charge in [-0.25, -0.2) is 9.59 Å². The lowest BCUT2D eigenvalue weighted by atomic mass is 10.2. The van der Waals surface area contributed by atoms with Gasteiger partial charge in [-0.3, -0.25) is 4.57 Å². The molecule has 21 heavy (non-hydrogen) atoms. The second kappa shape index (κ2) is 5.28. The van der Waals surface area contributed by atoms with Crippen molar-refractivity contribution in [2.45, 2.75) is 6.54 Å². The lowest BCUT2D eigenvalue weighted by molar-refractivity contribution is 0.412. The van der Waals surface area contributed by atoms with Crippen molar-refractivity contribution in [2.75, 3.05) is 7.11 Å². The van der Waals surface area contributed by atoms with E-state index in [1.54, 1.807) is 31.4 Å². The van der Waals surface area contributed by atoms with Crippen LogP contribution in [0.5, 0.6) is 5.75 Å². The molecule has 0 amide bonds. The summed E-state index contributed by atoms with van der Waals surface area (Å²) in [4.78, 5) is 23.7. The highest BCUT2D eigenvalue weighted by molar-refractivity contribution is 5.77. The number of hydrogen-bond donors (Lipinski definition) is 0. The number of aromatic nitrogens is 1. The number of para-hydroxylation sites is 1. The fourth-order valence-corrected chi connectivity index (χ4v) is 2.27. The molecule has 0 N–H and O–H groups in total. The van der Waals surface area contributed by atoms with E-state index >= 15 is 0 Å². The van der Waals surface area contributed by atoms with Crippen molar-refractivity contribution in [1.29, 1.82) is 0 Å². The molecule has 0 unspecified atom stereocenters. The molecule has 3 rings (SSSR count). The number of nitrogens with zero attached hydrogens (tertiary/aromatic N) is 1. The molecule has 0 saturated carbocycles. The van der Waals surface area contributed by atoms with Crippen molar-refractivity contribution < 1.29 is 9.15 Å². The van der Waals surface area contributed by atoms with E-state index in [2.05, 4.69) is 0 Å². The Morgan fingerprint density at radius 3 is 2.71 bits per heavy atom. The molecular weight excluding hydrogens is 270 g/mol. The molecule has 0 atom stereocenters. The molecule has 0 spiro atoms. The van der Waals surface area contributed by atoms with E-state index < -0.39 is 11.4 Å². The summed E-state index contributed by atoms with van der Waals surface area (Å²) in [6, 6.07) is 14.3. The average molecular weight is 283 g/mol. The van der Waals surface area contributed by atoms with Gasteiger partial charge >= 0.3 is 11.4 Å². The van der Waals surface area contributed by atoms with E-state index in [9.17, 15) is 9.59 Å². The zero-order valence-electron chi connectivity index (χ0n) is 11.4. The van der Waals surface area contributed by atoms with Crippen LogP contribution in [0.3, 0.4) is 0 Å². The van der Waals surface area contributed by atoms with Crippen LogP contribution < -0.4 is 16.1 Å². The summed E-state index contributed by atoms with van der Waals surface area (Å²) in [5, 5.41) is 0.389. The lowest BCUT2D eigenvalue weighted by Gasteiger charge is -2.09. The van der Waals surface area contributed by atoms with Crippen molar-refractivity contribution in [3.05, 3.63) is 75.1 Å². The smallest absolute Gasteiger partial charge is 0.422 e. The van der Waals surface area contributed by atoms with Gasteiger partial charge in [-0.05, 0) is 29.8 Å². The first-order valence-electron chi connectivity index (χ1n) is 6.44. The number of ether oxygens (including phenoxy) is 1. The third-order valence-corrected chi connectivity index (χ3v) is 3.29. The molecule has 106 valence electrons. The van der Waals surface area contributed by atoms with E-state index in [0.717, 1.165) is 5.56 Å². The van der Waals surface area contributed by atoms with Crippen LogP contribution in [0.4, 0.5) is 0 Å². The fraction of sp³-hybridized carbons (Fsp3) is 0.125. The second-order valence-electron chi connectivity index (χ2n) is 4.61. The zero-order valence-corrected chi connectivity index (χ0v) is 11.4. The molecule has 5 nitrogen and oxygen atoms in total. The van der Waals surface area contributed by atoms with Gasteiger partial charge in [0, 0.05) is 0 Å². The molecule has 1 heterocycles. The number of hydrogen-bond acceptors (Lipinski definition) is 4. The average Bonchev–Trinajstić information content (AvgIpc) is 2.51. The highest BCUT2D eigenvalue weighted by atomic mass is 16.5. The molecule has 0 aliphatic heterocycles. The quantitative estimate of drug-likeness (QED) is 0.737. The summed E-state index contributed by atoms with van der Waals surface area (Å²) in [5.74, 6) is 0.0451. The molecule has 0 fully saturated rings. The van der Waals surface area contributed by atoms with Crippen LogP contribution in [0.1, 0.15) is 5.56 Å². The van der Waals surface area contributed by atoms with E-state index in [-0.39, 0.29) is 0 Å². The molecule has 0 bridgehead atoms. The largest absolute Gasteiger partial charge is 0.497 e. The summed E-state index contributed by atoms with van der Waals surface area (Å²) >= 11 is 0. The maximum absolute atomic E-state index is 12.0. The Bertz CT molecular complexity index is 908. The molecule has 3 aromatic rings. The molecule has 0 aliphatic rings. The Labute approximate surface area is 120 Å². The van der Waals surface area contributed by atoms with Crippen LogP contribution in [0.15, 0.2) is 62.5 Å². The number of methoxy groups -OCH3 is 1. The van der Waals surface area contributed by atoms with Gasteiger partial charge in [-0.15, -0.1) is 0 Å². The second-order valence-corrected chi connectivity index (χ2v) is 4.61. The summed E-state index contributed by atoms with van der Waals surface area (Å²) in [5.41, 5.74) is 0.828. The first-order chi connectivity index (χ1) is 10.2. The van der Waals surface area contributed by atoms with Crippen LogP contribution >= 0.6 is 0 Å². The normalized spacial score (nSPS) is 10.7. The van der Waals surface area contributed by atoms with Crippen molar-refractivity contribution in [3.63, 3.8) is 0 Å². The molecule has 0 saturated heterocycles. The van der Waals surface area contributed by atoms with Gasteiger partial charge in [0.25, 0.3) is 0 Å². The molecule has 0 radical (unpaired) electrons. The minimum atomic E-state index is -0.665. The Hall–Kier alpha value is -2.82. The van der Waals surface area contributed by atoms with Crippen molar-refractivity contribution in [1.82, 2.24) is 4.57 Å². The first kappa shape index (κ1) is 13.2. The third kappa shape index (κ3) is 2.45. The van der Waals surface area contributed by atoms with Crippen molar-refractivity contribution in [2.24, 2.45) is 0 Å². The minimum Gasteiger partial charge on any atom is -0.497 e. The van der Waals surface area contributed by atoms with Crippen LogP contribution in [0.25, 0.3) is 10.9 Å². The van der Waals surface area contributed by atoms with Gasteiger partial charge in [-0.1, -0.05) is 24.3 Å². The molecule has 5 heteroatoms.